The van der Waals surface area contributed by atoms with Gasteiger partial charge in [-0.2, -0.15) is 0 Å². The predicted molar refractivity (Wildman–Crippen MR) is 81.4 cm³/mol. The van der Waals surface area contributed by atoms with E-state index in [9.17, 15) is 0 Å². The van der Waals surface area contributed by atoms with E-state index in [-0.39, 0.29) is 0 Å². The fourth-order valence-corrected chi connectivity index (χ4v) is 2.81. The average molecular weight is 283 g/mol. The molecule has 0 aliphatic carbocycles. The number of benzene rings is 1. The van der Waals surface area contributed by atoms with Gasteiger partial charge in [-0.15, -0.1) is 0 Å². The summed E-state index contributed by atoms with van der Waals surface area (Å²) in [6, 6.07) is 7.07. The van der Waals surface area contributed by atoms with E-state index in [1.165, 1.54) is 25.9 Å². The maximum Gasteiger partial charge on any atom is 0.137 e. The van der Waals surface area contributed by atoms with Crippen LogP contribution in [-0.4, -0.2) is 37.2 Å². The molecule has 2 rings (SSSR count). The number of hydrogen-bond acceptors (Lipinski definition) is 3. The van der Waals surface area contributed by atoms with Crippen LogP contribution in [0.2, 0.25) is 5.02 Å². The first-order chi connectivity index (χ1) is 9.10. The minimum atomic E-state index is 0.541. The van der Waals surface area contributed by atoms with Gasteiger partial charge >= 0.3 is 0 Å². The molecule has 1 aromatic rings. The highest BCUT2D eigenvalue weighted by Gasteiger charge is 2.20. The van der Waals surface area contributed by atoms with Crippen molar-refractivity contribution in [3.05, 3.63) is 23.2 Å². The highest BCUT2D eigenvalue weighted by Crippen LogP contribution is 2.28. The van der Waals surface area contributed by atoms with E-state index in [1.54, 1.807) is 7.11 Å². The van der Waals surface area contributed by atoms with E-state index in [0.717, 1.165) is 11.4 Å². The van der Waals surface area contributed by atoms with Gasteiger partial charge in [-0.1, -0.05) is 11.6 Å². The molecule has 0 radical (unpaired) electrons. The zero-order chi connectivity index (χ0) is 13.8. The zero-order valence-electron chi connectivity index (χ0n) is 11.9. The van der Waals surface area contributed by atoms with Crippen molar-refractivity contribution >= 4 is 17.3 Å². The lowest BCUT2D eigenvalue weighted by molar-refractivity contribution is 0.177. The minimum absolute atomic E-state index is 0.541. The predicted octanol–water partition coefficient (Wildman–Crippen LogP) is 3.63. The molecular weight excluding hydrogens is 260 g/mol. The van der Waals surface area contributed by atoms with E-state index in [1.807, 2.05) is 18.2 Å². The third-order valence-corrected chi connectivity index (χ3v) is 4.08. The summed E-state index contributed by atoms with van der Waals surface area (Å²) >= 11 is 6.14. The first-order valence-corrected chi connectivity index (χ1v) is 7.32. The summed E-state index contributed by atoms with van der Waals surface area (Å²) in [5.74, 6) is 0.724. The van der Waals surface area contributed by atoms with E-state index in [2.05, 4.69) is 24.1 Å². The molecule has 0 amide bonds. The van der Waals surface area contributed by atoms with Crippen molar-refractivity contribution in [2.24, 2.45) is 0 Å². The fraction of sp³-hybridized carbons (Fsp3) is 0.600. The molecule has 1 aromatic carbocycles. The lowest BCUT2D eigenvalue weighted by atomic mass is 10.0. The van der Waals surface area contributed by atoms with Gasteiger partial charge in [-0.25, -0.2) is 0 Å². The molecule has 106 valence electrons. The second-order valence-corrected chi connectivity index (χ2v) is 5.80. The van der Waals surface area contributed by atoms with Crippen molar-refractivity contribution in [1.82, 2.24) is 4.90 Å². The molecule has 0 atom stereocenters. The number of hydrogen-bond donors (Lipinski definition) is 1. The number of halogens is 1. The van der Waals surface area contributed by atoms with Crippen LogP contribution < -0.4 is 10.1 Å². The largest absolute Gasteiger partial charge is 0.495 e. The molecule has 0 spiro atoms. The Balaban J connectivity index is 1.90. The molecule has 1 aliphatic heterocycles. The molecule has 19 heavy (non-hydrogen) atoms. The Bertz CT molecular complexity index is 415. The van der Waals surface area contributed by atoms with Gasteiger partial charge in [-0.3, -0.25) is 0 Å². The lowest BCUT2D eigenvalue weighted by Crippen LogP contribution is -2.42. The molecular formula is C15H23ClN2O. The van der Waals surface area contributed by atoms with E-state index < -0.39 is 0 Å². The van der Waals surface area contributed by atoms with Crippen molar-refractivity contribution in [1.29, 1.82) is 0 Å². The molecule has 4 heteroatoms. The van der Waals surface area contributed by atoms with Crippen molar-refractivity contribution in [3.8, 4) is 5.75 Å². The van der Waals surface area contributed by atoms with Crippen molar-refractivity contribution in [2.75, 3.05) is 25.5 Å². The minimum Gasteiger partial charge on any atom is -0.495 e. The first kappa shape index (κ1) is 14.5. The summed E-state index contributed by atoms with van der Waals surface area (Å²) in [5, 5.41) is 4.23. The van der Waals surface area contributed by atoms with Gasteiger partial charge in [0.05, 0.1) is 12.1 Å². The average Bonchev–Trinajstić information content (AvgIpc) is 2.39. The Labute approximate surface area is 120 Å². The molecule has 0 bridgehead atoms. The Morgan fingerprint density at radius 3 is 2.53 bits per heavy atom. The molecule has 1 heterocycles. The summed E-state index contributed by atoms with van der Waals surface area (Å²) in [5.41, 5.74) is 1.08. The molecule has 1 saturated heterocycles. The number of anilines is 1. The van der Waals surface area contributed by atoms with Crippen LogP contribution >= 0.6 is 11.6 Å². The normalized spacial score (nSPS) is 17.7. The summed E-state index contributed by atoms with van der Waals surface area (Å²) in [6.07, 6.45) is 2.36. The standard InChI is InChI=1S/C15H23ClN2O/c1-11(2)18-8-6-12(7-9-18)17-13-4-5-15(19-3)14(16)10-13/h4-5,10-12,17H,6-9H2,1-3H3. The van der Waals surface area contributed by atoms with Crippen molar-refractivity contribution in [2.45, 2.75) is 38.8 Å². The topological polar surface area (TPSA) is 24.5 Å². The molecule has 0 saturated carbocycles. The molecule has 0 aromatic heterocycles. The van der Waals surface area contributed by atoms with Gasteiger partial charge in [-0.05, 0) is 44.9 Å². The van der Waals surface area contributed by atoms with Gasteiger partial charge in [0.15, 0.2) is 0 Å². The fourth-order valence-electron chi connectivity index (χ4n) is 2.55. The smallest absolute Gasteiger partial charge is 0.137 e. The number of likely N-dealkylation sites (tertiary alicyclic amines) is 1. The summed E-state index contributed by atoms with van der Waals surface area (Å²) in [6.45, 7) is 6.85. The molecule has 1 aliphatic rings. The second-order valence-electron chi connectivity index (χ2n) is 5.40. The van der Waals surface area contributed by atoms with Crippen LogP contribution in [0.15, 0.2) is 18.2 Å². The number of methoxy groups -OCH3 is 1. The van der Waals surface area contributed by atoms with Crippen molar-refractivity contribution < 1.29 is 4.74 Å². The van der Waals surface area contributed by atoms with Gasteiger partial charge in [0.25, 0.3) is 0 Å². The van der Waals surface area contributed by atoms with Crippen LogP contribution in [0.1, 0.15) is 26.7 Å². The molecule has 3 nitrogen and oxygen atoms in total. The third-order valence-electron chi connectivity index (χ3n) is 3.78. The monoisotopic (exact) mass is 282 g/mol. The van der Waals surface area contributed by atoms with Crippen LogP contribution in [0.5, 0.6) is 5.75 Å². The second kappa shape index (κ2) is 6.49. The van der Waals surface area contributed by atoms with Crippen LogP contribution in [0.25, 0.3) is 0 Å². The quantitative estimate of drug-likeness (QED) is 0.913. The van der Waals surface area contributed by atoms with Gasteiger partial charge in [0.2, 0.25) is 0 Å². The Morgan fingerprint density at radius 2 is 2.00 bits per heavy atom. The number of nitrogens with one attached hydrogen (secondary N) is 1. The van der Waals surface area contributed by atoms with Gasteiger partial charge in [0.1, 0.15) is 5.75 Å². The maximum atomic E-state index is 6.14. The maximum absolute atomic E-state index is 6.14. The number of ether oxygens (including phenoxy) is 1. The number of nitrogens with zero attached hydrogens (tertiary/aromatic N) is 1. The highest BCUT2D eigenvalue weighted by atomic mass is 35.5. The van der Waals surface area contributed by atoms with E-state index in [0.29, 0.717) is 17.1 Å². The highest BCUT2D eigenvalue weighted by molar-refractivity contribution is 6.32. The summed E-state index contributed by atoms with van der Waals surface area (Å²) in [7, 11) is 1.63. The summed E-state index contributed by atoms with van der Waals surface area (Å²) < 4.78 is 5.16. The van der Waals surface area contributed by atoms with Crippen molar-refractivity contribution in [3.63, 3.8) is 0 Å². The molecule has 0 unspecified atom stereocenters. The van der Waals surface area contributed by atoms with Crippen LogP contribution in [-0.2, 0) is 0 Å². The summed E-state index contributed by atoms with van der Waals surface area (Å²) in [4.78, 5) is 2.53. The Kier molecular flexibility index (Phi) is 4.94. The Hall–Kier alpha value is -0.930. The van der Waals surface area contributed by atoms with Crippen LogP contribution in [0, 0.1) is 0 Å². The third kappa shape index (κ3) is 3.77. The van der Waals surface area contributed by atoms with Crippen LogP contribution in [0.4, 0.5) is 5.69 Å². The van der Waals surface area contributed by atoms with E-state index in [4.69, 9.17) is 16.3 Å². The molecule has 1 N–H and O–H groups in total. The molecule has 1 fully saturated rings. The SMILES string of the molecule is COc1ccc(NC2CCN(C(C)C)CC2)cc1Cl. The Morgan fingerprint density at radius 1 is 1.32 bits per heavy atom. The lowest BCUT2D eigenvalue weighted by Gasteiger charge is -2.35. The number of piperidine rings is 1. The first-order valence-electron chi connectivity index (χ1n) is 6.94. The van der Waals surface area contributed by atoms with E-state index >= 15 is 0 Å². The zero-order valence-corrected chi connectivity index (χ0v) is 12.7. The van der Waals surface area contributed by atoms with Gasteiger partial charge in [0, 0.05) is 30.9 Å². The van der Waals surface area contributed by atoms with Gasteiger partial charge < -0.3 is 15.0 Å². The number of rotatable bonds is 4. The van der Waals surface area contributed by atoms with Crippen LogP contribution in [0.3, 0.4) is 0 Å².